The molecule has 3 rings (SSSR count). The van der Waals surface area contributed by atoms with Crippen LogP contribution in [0.1, 0.15) is 12.0 Å². The SMILES string of the molecule is COc1ncncc1CN1CCC(=O)Nc2cc(F)ccc21. The van der Waals surface area contributed by atoms with Crippen LogP contribution in [0.2, 0.25) is 0 Å². The predicted octanol–water partition coefficient (Wildman–Crippen LogP) is 1.97. The van der Waals surface area contributed by atoms with Crippen LogP contribution in [0.25, 0.3) is 0 Å². The Kier molecular flexibility index (Phi) is 3.86. The van der Waals surface area contributed by atoms with Crippen LogP contribution in [0.5, 0.6) is 5.88 Å². The van der Waals surface area contributed by atoms with Crippen LogP contribution >= 0.6 is 0 Å². The summed E-state index contributed by atoms with van der Waals surface area (Å²) in [4.78, 5) is 21.8. The number of fused-ring (bicyclic) bond motifs is 1. The smallest absolute Gasteiger partial charge is 0.226 e. The normalized spacial score (nSPS) is 14.1. The van der Waals surface area contributed by atoms with Crippen LogP contribution in [0.4, 0.5) is 15.8 Å². The van der Waals surface area contributed by atoms with Gasteiger partial charge in [0.2, 0.25) is 11.8 Å². The van der Waals surface area contributed by atoms with E-state index in [1.54, 1.807) is 19.4 Å². The molecule has 0 saturated carbocycles. The van der Waals surface area contributed by atoms with Crippen LogP contribution in [0, 0.1) is 5.82 Å². The van der Waals surface area contributed by atoms with E-state index in [1.165, 1.54) is 18.5 Å². The zero-order valence-corrected chi connectivity index (χ0v) is 12.0. The maximum absolute atomic E-state index is 13.4. The summed E-state index contributed by atoms with van der Waals surface area (Å²) in [6.07, 6.45) is 3.42. The maximum Gasteiger partial charge on any atom is 0.226 e. The largest absolute Gasteiger partial charge is 0.481 e. The zero-order chi connectivity index (χ0) is 15.5. The first-order chi connectivity index (χ1) is 10.7. The molecule has 1 N–H and O–H groups in total. The number of carbonyl (C=O) groups is 1. The number of carbonyl (C=O) groups excluding carboxylic acids is 1. The Hall–Kier alpha value is -2.70. The molecule has 0 atom stereocenters. The minimum atomic E-state index is -0.387. The number of benzene rings is 1. The molecule has 1 aliphatic heterocycles. The van der Waals surface area contributed by atoms with Gasteiger partial charge < -0.3 is 15.0 Å². The highest BCUT2D eigenvalue weighted by molar-refractivity contribution is 5.96. The number of hydrogen-bond donors (Lipinski definition) is 1. The average Bonchev–Trinajstić information content (AvgIpc) is 2.66. The summed E-state index contributed by atoms with van der Waals surface area (Å²) in [6, 6.07) is 4.36. The van der Waals surface area contributed by atoms with Crippen molar-refractivity contribution in [2.75, 3.05) is 23.9 Å². The third-order valence-corrected chi connectivity index (χ3v) is 3.48. The minimum absolute atomic E-state index is 0.134. The molecule has 1 aliphatic rings. The van der Waals surface area contributed by atoms with Crippen molar-refractivity contribution in [3.63, 3.8) is 0 Å². The Bertz CT molecular complexity index is 708. The van der Waals surface area contributed by atoms with Gasteiger partial charge in [0, 0.05) is 25.7 Å². The van der Waals surface area contributed by atoms with Gasteiger partial charge in [0.1, 0.15) is 12.1 Å². The van der Waals surface area contributed by atoms with E-state index in [4.69, 9.17) is 4.74 Å². The zero-order valence-electron chi connectivity index (χ0n) is 12.0. The highest BCUT2D eigenvalue weighted by Crippen LogP contribution is 2.31. The molecule has 0 aliphatic carbocycles. The lowest BCUT2D eigenvalue weighted by Crippen LogP contribution is -2.24. The molecular weight excluding hydrogens is 287 g/mol. The number of rotatable bonds is 3. The first-order valence-corrected chi connectivity index (χ1v) is 6.84. The van der Waals surface area contributed by atoms with Gasteiger partial charge in [0.05, 0.1) is 24.0 Å². The first-order valence-electron chi connectivity index (χ1n) is 6.84. The number of ether oxygens (including phenoxy) is 1. The van der Waals surface area contributed by atoms with Crippen LogP contribution in [-0.2, 0) is 11.3 Å². The van der Waals surface area contributed by atoms with Crippen molar-refractivity contribution in [1.29, 1.82) is 0 Å². The van der Waals surface area contributed by atoms with E-state index in [9.17, 15) is 9.18 Å². The Morgan fingerprint density at radius 3 is 3.14 bits per heavy atom. The number of amides is 1. The number of hydrogen-bond acceptors (Lipinski definition) is 5. The molecule has 114 valence electrons. The van der Waals surface area contributed by atoms with Gasteiger partial charge in [-0.05, 0) is 18.2 Å². The van der Waals surface area contributed by atoms with E-state index in [2.05, 4.69) is 15.3 Å². The van der Waals surface area contributed by atoms with Gasteiger partial charge in [-0.25, -0.2) is 14.4 Å². The summed E-state index contributed by atoms with van der Waals surface area (Å²) < 4.78 is 18.6. The van der Waals surface area contributed by atoms with Crippen molar-refractivity contribution in [1.82, 2.24) is 9.97 Å². The second-order valence-corrected chi connectivity index (χ2v) is 4.94. The summed E-state index contributed by atoms with van der Waals surface area (Å²) >= 11 is 0. The minimum Gasteiger partial charge on any atom is -0.481 e. The molecule has 1 aromatic heterocycles. The fourth-order valence-electron chi connectivity index (χ4n) is 2.46. The Morgan fingerprint density at radius 2 is 2.32 bits per heavy atom. The number of aromatic nitrogens is 2. The van der Waals surface area contributed by atoms with Gasteiger partial charge >= 0.3 is 0 Å². The topological polar surface area (TPSA) is 67.4 Å². The van der Waals surface area contributed by atoms with E-state index >= 15 is 0 Å². The Labute approximate surface area is 126 Å². The second-order valence-electron chi connectivity index (χ2n) is 4.94. The molecule has 0 spiro atoms. The first kappa shape index (κ1) is 14.2. The van der Waals surface area contributed by atoms with Gasteiger partial charge in [-0.3, -0.25) is 4.79 Å². The third-order valence-electron chi connectivity index (χ3n) is 3.48. The van der Waals surface area contributed by atoms with Crippen molar-refractivity contribution >= 4 is 17.3 Å². The highest BCUT2D eigenvalue weighted by Gasteiger charge is 2.21. The number of nitrogens with zero attached hydrogens (tertiary/aromatic N) is 3. The predicted molar refractivity (Wildman–Crippen MR) is 79.3 cm³/mol. The lowest BCUT2D eigenvalue weighted by atomic mass is 10.2. The van der Waals surface area contributed by atoms with Crippen molar-refractivity contribution in [3.05, 3.63) is 42.1 Å². The second kappa shape index (κ2) is 5.97. The summed E-state index contributed by atoms with van der Waals surface area (Å²) in [5.74, 6) is -0.0330. The van der Waals surface area contributed by atoms with E-state index in [0.717, 1.165) is 11.3 Å². The van der Waals surface area contributed by atoms with Crippen molar-refractivity contribution in [2.45, 2.75) is 13.0 Å². The molecule has 1 aromatic carbocycles. The average molecular weight is 302 g/mol. The number of halogens is 1. The van der Waals surface area contributed by atoms with Crippen LogP contribution in [0.3, 0.4) is 0 Å². The Morgan fingerprint density at radius 1 is 1.45 bits per heavy atom. The molecule has 2 heterocycles. The lowest BCUT2D eigenvalue weighted by Gasteiger charge is -2.24. The highest BCUT2D eigenvalue weighted by atomic mass is 19.1. The summed E-state index contributed by atoms with van der Waals surface area (Å²) in [7, 11) is 1.54. The van der Waals surface area contributed by atoms with E-state index in [1.807, 2.05) is 4.90 Å². The fraction of sp³-hybridized carbons (Fsp3) is 0.267. The molecule has 0 fully saturated rings. The lowest BCUT2D eigenvalue weighted by molar-refractivity contribution is -0.115. The van der Waals surface area contributed by atoms with Gasteiger partial charge in [-0.1, -0.05) is 0 Å². The summed E-state index contributed by atoms with van der Waals surface area (Å²) in [5, 5.41) is 2.72. The summed E-state index contributed by atoms with van der Waals surface area (Å²) in [6.45, 7) is 0.986. The van der Waals surface area contributed by atoms with Crippen LogP contribution < -0.4 is 15.0 Å². The standard InChI is InChI=1S/C15H15FN4O2/c1-22-15-10(7-17-9-18-15)8-20-5-4-14(21)19-12-6-11(16)2-3-13(12)20/h2-3,6-7,9H,4-5,8H2,1H3,(H,19,21). The fourth-order valence-corrected chi connectivity index (χ4v) is 2.46. The molecule has 0 unspecified atom stereocenters. The van der Waals surface area contributed by atoms with Crippen molar-refractivity contribution in [3.8, 4) is 5.88 Å². The molecule has 2 aromatic rings. The van der Waals surface area contributed by atoms with Gasteiger partial charge in [0.15, 0.2) is 0 Å². The summed E-state index contributed by atoms with van der Waals surface area (Å²) in [5.41, 5.74) is 2.03. The molecular formula is C15H15FN4O2. The molecule has 7 heteroatoms. The molecule has 0 radical (unpaired) electrons. The number of nitrogens with one attached hydrogen (secondary N) is 1. The maximum atomic E-state index is 13.4. The van der Waals surface area contributed by atoms with Gasteiger partial charge in [-0.15, -0.1) is 0 Å². The van der Waals surface area contributed by atoms with Crippen LogP contribution in [-0.4, -0.2) is 29.5 Å². The van der Waals surface area contributed by atoms with E-state index < -0.39 is 0 Å². The molecule has 0 saturated heterocycles. The van der Waals surface area contributed by atoms with E-state index in [-0.39, 0.29) is 11.7 Å². The van der Waals surface area contributed by atoms with Crippen LogP contribution in [0.15, 0.2) is 30.7 Å². The molecule has 1 amide bonds. The third kappa shape index (κ3) is 2.83. The van der Waals surface area contributed by atoms with E-state index in [0.29, 0.717) is 31.1 Å². The van der Waals surface area contributed by atoms with Gasteiger partial charge in [0.25, 0.3) is 0 Å². The Balaban J connectivity index is 1.95. The number of anilines is 2. The van der Waals surface area contributed by atoms with Crippen molar-refractivity contribution < 1.29 is 13.9 Å². The molecule has 22 heavy (non-hydrogen) atoms. The molecule has 6 nitrogen and oxygen atoms in total. The van der Waals surface area contributed by atoms with Gasteiger partial charge in [-0.2, -0.15) is 0 Å². The monoisotopic (exact) mass is 302 g/mol. The quantitative estimate of drug-likeness (QED) is 0.939. The molecule has 0 bridgehead atoms. The number of methoxy groups -OCH3 is 1. The van der Waals surface area contributed by atoms with Crippen molar-refractivity contribution in [2.24, 2.45) is 0 Å².